The normalized spacial score (nSPS) is 17.0. The topological polar surface area (TPSA) is 43.8 Å². The highest BCUT2D eigenvalue weighted by molar-refractivity contribution is 5.78. The van der Waals surface area contributed by atoms with Gasteiger partial charge >= 0.3 is 0 Å². The average molecular weight is 233 g/mol. The lowest BCUT2D eigenvalue weighted by Crippen LogP contribution is -2.10. The van der Waals surface area contributed by atoms with E-state index in [0.717, 1.165) is 17.6 Å². The van der Waals surface area contributed by atoms with Crippen molar-refractivity contribution in [2.45, 2.75) is 32.2 Å². The molecule has 1 aliphatic carbocycles. The maximum atomic E-state index is 13.3. The first-order valence-electron chi connectivity index (χ1n) is 6.15. The number of anilines is 1. The van der Waals surface area contributed by atoms with Gasteiger partial charge in [0.1, 0.15) is 5.82 Å². The van der Waals surface area contributed by atoms with Gasteiger partial charge in [-0.25, -0.2) is 9.37 Å². The molecule has 0 unspecified atom stereocenters. The first kappa shape index (κ1) is 10.6. The molecule has 3 nitrogen and oxygen atoms in total. The van der Waals surface area contributed by atoms with Crippen molar-refractivity contribution >= 4 is 17.0 Å². The Morgan fingerprint density at radius 2 is 2.12 bits per heavy atom. The molecule has 1 aliphatic rings. The quantitative estimate of drug-likeness (QED) is 0.866. The summed E-state index contributed by atoms with van der Waals surface area (Å²) >= 11 is 0. The van der Waals surface area contributed by atoms with Crippen molar-refractivity contribution < 1.29 is 4.39 Å². The Bertz CT molecular complexity index is 541. The first-order valence-corrected chi connectivity index (χ1v) is 6.15. The van der Waals surface area contributed by atoms with E-state index >= 15 is 0 Å². The van der Waals surface area contributed by atoms with Crippen LogP contribution in [0.15, 0.2) is 18.2 Å². The second kappa shape index (κ2) is 4.02. The third-order valence-corrected chi connectivity index (χ3v) is 3.66. The van der Waals surface area contributed by atoms with E-state index in [1.54, 1.807) is 6.07 Å². The lowest BCUT2D eigenvalue weighted by Gasteiger charge is -2.12. The smallest absolute Gasteiger partial charge is 0.201 e. The van der Waals surface area contributed by atoms with Crippen LogP contribution < -0.4 is 5.73 Å². The Labute approximate surface area is 99.4 Å². The van der Waals surface area contributed by atoms with E-state index in [9.17, 15) is 4.39 Å². The zero-order chi connectivity index (χ0) is 11.8. The van der Waals surface area contributed by atoms with Crippen LogP contribution in [-0.2, 0) is 6.54 Å². The van der Waals surface area contributed by atoms with Gasteiger partial charge in [-0.1, -0.05) is 12.8 Å². The van der Waals surface area contributed by atoms with Gasteiger partial charge in [0.15, 0.2) is 0 Å². The Balaban J connectivity index is 2.01. The summed E-state index contributed by atoms with van der Waals surface area (Å²) in [6.45, 7) is 0.867. The Morgan fingerprint density at radius 3 is 2.88 bits per heavy atom. The number of hydrogen-bond donors (Lipinski definition) is 1. The summed E-state index contributed by atoms with van der Waals surface area (Å²) in [5.74, 6) is 0.931. The zero-order valence-corrected chi connectivity index (χ0v) is 9.69. The molecule has 2 aromatic rings. The molecule has 2 N–H and O–H groups in total. The van der Waals surface area contributed by atoms with Crippen molar-refractivity contribution in [3.8, 4) is 0 Å². The van der Waals surface area contributed by atoms with E-state index in [4.69, 9.17) is 5.73 Å². The van der Waals surface area contributed by atoms with Crippen LogP contribution in [0.2, 0.25) is 0 Å². The summed E-state index contributed by atoms with van der Waals surface area (Å²) in [6.07, 6.45) is 5.08. The molecule has 1 aromatic carbocycles. The van der Waals surface area contributed by atoms with E-state index in [0.29, 0.717) is 11.9 Å². The number of nitrogen functional groups attached to an aromatic ring is 1. The molecule has 1 heterocycles. The maximum Gasteiger partial charge on any atom is 0.201 e. The highest BCUT2D eigenvalue weighted by Gasteiger charge is 2.18. The standard InChI is InChI=1S/C13H16FN3/c14-10-5-6-11-12(7-10)17(13(15)16-11)8-9-3-1-2-4-9/h5-7,9H,1-4,8H2,(H2,15,16). The molecule has 1 saturated carbocycles. The van der Waals surface area contributed by atoms with E-state index in [-0.39, 0.29) is 5.82 Å². The van der Waals surface area contributed by atoms with Crippen molar-refractivity contribution in [3.05, 3.63) is 24.0 Å². The van der Waals surface area contributed by atoms with Crippen LogP contribution in [0.5, 0.6) is 0 Å². The highest BCUT2D eigenvalue weighted by Crippen LogP contribution is 2.29. The number of halogens is 1. The van der Waals surface area contributed by atoms with Crippen LogP contribution in [0.25, 0.3) is 11.0 Å². The summed E-state index contributed by atoms with van der Waals surface area (Å²) in [7, 11) is 0. The molecular formula is C13H16FN3. The molecule has 17 heavy (non-hydrogen) atoms. The summed E-state index contributed by atoms with van der Waals surface area (Å²) < 4.78 is 15.2. The number of hydrogen-bond acceptors (Lipinski definition) is 2. The van der Waals surface area contributed by atoms with Gasteiger partial charge in [-0.05, 0) is 37.0 Å². The lowest BCUT2D eigenvalue weighted by molar-refractivity contribution is 0.467. The first-order chi connectivity index (χ1) is 8.24. The van der Waals surface area contributed by atoms with Crippen LogP contribution in [0.1, 0.15) is 25.7 Å². The van der Waals surface area contributed by atoms with Crippen molar-refractivity contribution in [1.82, 2.24) is 9.55 Å². The van der Waals surface area contributed by atoms with E-state index in [2.05, 4.69) is 4.98 Å². The predicted molar refractivity (Wildman–Crippen MR) is 66.1 cm³/mol. The monoisotopic (exact) mass is 233 g/mol. The van der Waals surface area contributed by atoms with Crippen molar-refractivity contribution in [3.63, 3.8) is 0 Å². The van der Waals surface area contributed by atoms with Gasteiger partial charge in [0, 0.05) is 6.54 Å². The number of imidazole rings is 1. The number of benzene rings is 1. The van der Waals surface area contributed by atoms with Gasteiger partial charge in [0.05, 0.1) is 11.0 Å². The van der Waals surface area contributed by atoms with Gasteiger partial charge in [-0.15, -0.1) is 0 Å². The zero-order valence-electron chi connectivity index (χ0n) is 9.69. The molecule has 90 valence electrons. The van der Waals surface area contributed by atoms with Crippen LogP contribution >= 0.6 is 0 Å². The van der Waals surface area contributed by atoms with E-state index in [1.807, 2.05) is 4.57 Å². The SMILES string of the molecule is Nc1nc2ccc(F)cc2n1CC1CCCC1. The second-order valence-electron chi connectivity index (χ2n) is 4.86. The Morgan fingerprint density at radius 1 is 1.35 bits per heavy atom. The maximum absolute atomic E-state index is 13.3. The molecule has 0 atom stereocenters. The third-order valence-electron chi connectivity index (χ3n) is 3.66. The summed E-state index contributed by atoms with van der Waals surface area (Å²) in [4.78, 5) is 4.27. The molecule has 0 spiro atoms. The van der Waals surface area contributed by atoms with Gasteiger partial charge in [0.25, 0.3) is 0 Å². The molecule has 3 rings (SSSR count). The average Bonchev–Trinajstić information content (AvgIpc) is 2.90. The van der Waals surface area contributed by atoms with Crippen molar-refractivity contribution in [1.29, 1.82) is 0 Å². The number of rotatable bonds is 2. The molecule has 0 amide bonds. The summed E-state index contributed by atoms with van der Waals surface area (Å²) in [5.41, 5.74) is 7.50. The largest absolute Gasteiger partial charge is 0.369 e. The molecule has 4 heteroatoms. The molecule has 0 saturated heterocycles. The van der Waals surface area contributed by atoms with Crippen LogP contribution in [-0.4, -0.2) is 9.55 Å². The minimum atomic E-state index is -0.231. The molecule has 1 aromatic heterocycles. The molecule has 0 radical (unpaired) electrons. The van der Waals surface area contributed by atoms with Gasteiger partial charge in [-0.2, -0.15) is 0 Å². The van der Waals surface area contributed by atoms with Gasteiger partial charge < -0.3 is 10.3 Å². The van der Waals surface area contributed by atoms with Crippen molar-refractivity contribution in [2.24, 2.45) is 5.92 Å². The van der Waals surface area contributed by atoms with E-state index < -0.39 is 0 Å². The van der Waals surface area contributed by atoms with Crippen LogP contribution in [0.3, 0.4) is 0 Å². The predicted octanol–water partition coefficient (Wildman–Crippen LogP) is 2.95. The fourth-order valence-electron chi connectivity index (χ4n) is 2.76. The number of nitrogens with zero attached hydrogens (tertiary/aromatic N) is 2. The number of fused-ring (bicyclic) bond motifs is 1. The van der Waals surface area contributed by atoms with Gasteiger partial charge in [-0.3, -0.25) is 0 Å². The number of nitrogens with two attached hydrogens (primary N) is 1. The minimum absolute atomic E-state index is 0.231. The second-order valence-corrected chi connectivity index (χ2v) is 4.86. The van der Waals surface area contributed by atoms with Gasteiger partial charge in [0.2, 0.25) is 5.95 Å². The third kappa shape index (κ3) is 1.88. The fourth-order valence-corrected chi connectivity index (χ4v) is 2.76. The minimum Gasteiger partial charge on any atom is -0.369 e. The highest BCUT2D eigenvalue weighted by atomic mass is 19.1. The van der Waals surface area contributed by atoms with Crippen LogP contribution in [0.4, 0.5) is 10.3 Å². The molecule has 0 bridgehead atoms. The van der Waals surface area contributed by atoms with Crippen LogP contribution in [0, 0.1) is 11.7 Å². The Hall–Kier alpha value is -1.58. The van der Waals surface area contributed by atoms with Crippen molar-refractivity contribution in [2.75, 3.05) is 5.73 Å². The molecule has 1 fully saturated rings. The summed E-state index contributed by atoms with van der Waals surface area (Å²) in [6, 6.07) is 4.63. The molecule has 0 aliphatic heterocycles. The molecular weight excluding hydrogens is 217 g/mol. The lowest BCUT2D eigenvalue weighted by atomic mass is 10.1. The summed E-state index contributed by atoms with van der Waals surface area (Å²) in [5, 5.41) is 0. The fraction of sp³-hybridized carbons (Fsp3) is 0.462. The van der Waals surface area contributed by atoms with E-state index in [1.165, 1.54) is 37.8 Å². The Kier molecular flexibility index (Phi) is 2.50. The number of aromatic nitrogens is 2.